The molecule has 1 unspecified atom stereocenters. The molecule has 1 saturated heterocycles. The topological polar surface area (TPSA) is 18.5 Å². The van der Waals surface area contributed by atoms with E-state index < -0.39 is 0 Å². The van der Waals surface area contributed by atoms with Crippen molar-refractivity contribution in [3.8, 4) is 0 Å². The molecule has 1 fully saturated rings. The van der Waals surface area contributed by atoms with Crippen LogP contribution in [0.15, 0.2) is 0 Å². The molecule has 1 atom stereocenters. The quantitative estimate of drug-likeness (QED) is 0.780. The molecule has 0 radical (unpaired) electrons. The predicted molar refractivity (Wildman–Crippen MR) is 70.9 cm³/mol. The molecular weight excluding hydrogens is 198 g/mol. The van der Waals surface area contributed by atoms with Crippen LogP contribution >= 0.6 is 0 Å². The van der Waals surface area contributed by atoms with Crippen LogP contribution in [0.3, 0.4) is 0 Å². The normalized spacial score (nSPS) is 27.0. The van der Waals surface area contributed by atoms with E-state index in [2.05, 4.69) is 50.0 Å². The van der Waals surface area contributed by atoms with Gasteiger partial charge >= 0.3 is 0 Å². The van der Waals surface area contributed by atoms with Crippen molar-refractivity contribution in [3.05, 3.63) is 0 Å². The fourth-order valence-electron chi connectivity index (χ4n) is 2.41. The first kappa shape index (κ1) is 13.9. The van der Waals surface area contributed by atoms with Crippen molar-refractivity contribution in [2.45, 2.75) is 33.2 Å². The highest BCUT2D eigenvalue weighted by molar-refractivity contribution is 4.83. The van der Waals surface area contributed by atoms with Crippen LogP contribution in [-0.2, 0) is 0 Å². The van der Waals surface area contributed by atoms with E-state index >= 15 is 0 Å². The minimum Gasteiger partial charge on any atom is -0.312 e. The van der Waals surface area contributed by atoms with Gasteiger partial charge in [-0.25, -0.2) is 0 Å². The number of rotatable bonds is 4. The molecule has 0 spiro atoms. The predicted octanol–water partition coefficient (Wildman–Crippen LogP) is 1.26. The summed E-state index contributed by atoms with van der Waals surface area (Å²) >= 11 is 0. The third kappa shape index (κ3) is 5.28. The average molecular weight is 227 g/mol. The van der Waals surface area contributed by atoms with E-state index in [9.17, 15) is 0 Å². The van der Waals surface area contributed by atoms with Gasteiger partial charge in [0.25, 0.3) is 0 Å². The summed E-state index contributed by atoms with van der Waals surface area (Å²) in [6.45, 7) is 13.0. The smallest absolute Gasteiger partial charge is 0.0166 e. The highest BCUT2D eigenvalue weighted by Gasteiger charge is 2.26. The van der Waals surface area contributed by atoms with E-state index in [1.54, 1.807) is 0 Å². The molecule has 1 rings (SSSR count). The Balaban J connectivity index is 2.38. The molecule has 16 heavy (non-hydrogen) atoms. The van der Waals surface area contributed by atoms with Gasteiger partial charge in [0.05, 0.1) is 0 Å². The Hall–Kier alpha value is -0.120. The summed E-state index contributed by atoms with van der Waals surface area (Å²) in [4.78, 5) is 4.89. The van der Waals surface area contributed by atoms with Crippen molar-refractivity contribution in [1.29, 1.82) is 0 Å². The summed E-state index contributed by atoms with van der Waals surface area (Å²) in [6.07, 6.45) is 1.27. The van der Waals surface area contributed by atoms with E-state index in [0.29, 0.717) is 11.5 Å². The highest BCUT2D eigenvalue weighted by atomic mass is 15.2. The van der Waals surface area contributed by atoms with Crippen molar-refractivity contribution >= 4 is 0 Å². The molecule has 0 aromatic rings. The summed E-state index contributed by atoms with van der Waals surface area (Å²) in [7, 11) is 4.30. The lowest BCUT2D eigenvalue weighted by molar-refractivity contribution is 0.194. The number of hydrogen-bond donors (Lipinski definition) is 1. The summed E-state index contributed by atoms with van der Waals surface area (Å²) < 4.78 is 0. The number of nitrogens with zero attached hydrogens (tertiary/aromatic N) is 2. The first-order valence-electron chi connectivity index (χ1n) is 6.49. The third-order valence-corrected chi connectivity index (χ3v) is 3.19. The fraction of sp³-hybridized carbons (Fsp3) is 1.00. The average Bonchev–Trinajstić information content (AvgIpc) is 2.25. The molecule has 1 N–H and O–H groups in total. The van der Waals surface area contributed by atoms with Crippen LogP contribution in [0.5, 0.6) is 0 Å². The zero-order valence-electron chi connectivity index (χ0n) is 11.7. The number of hydrogen-bond acceptors (Lipinski definition) is 3. The van der Waals surface area contributed by atoms with E-state index in [1.807, 2.05) is 0 Å². The van der Waals surface area contributed by atoms with Gasteiger partial charge in [0.15, 0.2) is 0 Å². The van der Waals surface area contributed by atoms with Crippen LogP contribution in [0, 0.1) is 5.41 Å². The lowest BCUT2D eigenvalue weighted by Gasteiger charge is -2.29. The largest absolute Gasteiger partial charge is 0.312 e. The zero-order chi connectivity index (χ0) is 12.2. The summed E-state index contributed by atoms with van der Waals surface area (Å²) in [5.41, 5.74) is 0.406. The van der Waals surface area contributed by atoms with Crippen LogP contribution in [0.2, 0.25) is 0 Å². The van der Waals surface area contributed by atoms with Gasteiger partial charge in [-0.2, -0.15) is 0 Å². The second kappa shape index (κ2) is 5.99. The van der Waals surface area contributed by atoms with Gasteiger partial charge in [-0.05, 0) is 45.9 Å². The second-order valence-electron chi connectivity index (χ2n) is 6.34. The molecule has 0 aliphatic carbocycles. The van der Waals surface area contributed by atoms with Gasteiger partial charge in [-0.3, -0.25) is 0 Å². The maximum atomic E-state index is 3.61. The molecule has 96 valence electrons. The van der Waals surface area contributed by atoms with Crippen LogP contribution < -0.4 is 5.32 Å². The minimum atomic E-state index is 0.406. The van der Waals surface area contributed by atoms with Gasteiger partial charge < -0.3 is 15.1 Å². The Bertz CT molecular complexity index is 201. The van der Waals surface area contributed by atoms with Gasteiger partial charge in [0.1, 0.15) is 0 Å². The minimum absolute atomic E-state index is 0.406. The maximum absolute atomic E-state index is 3.61. The Labute approximate surface area is 101 Å². The van der Waals surface area contributed by atoms with Gasteiger partial charge in [-0.1, -0.05) is 13.8 Å². The fourth-order valence-corrected chi connectivity index (χ4v) is 2.41. The molecule has 3 nitrogen and oxygen atoms in total. The monoisotopic (exact) mass is 227 g/mol. The third-order valence-electron chi connectivity index (χ3n) is 3.19. The van der Waals surface area contributed by atoms with Crippen LogP contribution in [0.25, 0.3) is 0 Å². The van der Waals surface area contributed by atoms with E-state index in [-0.39, 0.29) is 0 Å². The molecule has 0 amide bonds. The Morgan fingerprint density at radius 3 is 2.69 bits per heavy atom. The zero-order valence-corrected chi connectivity index (χ0v) is 11.7. The summed E-state index contributed by atoms with van der Waals surface area (Å²) in [5, 5.41) is 3.61. The van der Waals surface area contributed by atoms with E-state index in [1.165, 1.54) is 32.6 Å². The van der Waals surface area contributed by atoms with Crippen molar-refractivity contribution in [3.63, 3.8) is 0 Å². The second-order valence-corrected chi connectivity index (χ2v) is 6.34. The van der Waals surface area contributed by atoms with Crippen LogP contribution in [-0.4, -0.2) is 62.7 Å². The Morgan fingerprint density at radius 1 is 1.38 bits per heavy atom. The lowest BCUT2D eigenvalue weighted by atomic mass is 9.93. The number of nitrogens with one attached hydrogen (secondary N) is 1. The molecular formula is C13H29N3. The molecule has 0 saturated carbocycles. The summed E-state index contributed by atoms with van der Waals surface area (Å²) in [6, 6.07) is 0.626. The maximum Gasteiger partial charge on any atom is 0.0166 e. The Kier molecular flexibility index (Phi) is 5.22. The van der Waals surface area contributed by atoms with E-state index in [0.717, 1.165) is 6.54 Å². The first-order chi connectivity index (χ1) is 7.39. The molecule has 0 bridgehead atoms. The Morgan fingerprint density at radius 2 is 2.06 bits per heavy atom. The lowest BCUT2D eigenvalue weighted by Crippen LogP contribution is -2.37. The molecule has 0 aromatic heterocycles. The van der Waals surface area contributed by atoms with Crippen molar-refractivity contribution in [1.82, 2.24) is 15.1 Å². The molecule has 1 aliphatic rings. The molecule has 1 aliphatic heterocycles. The molecule has 3 heteroatoms. The molecule has 1 heterocycles. The van der Waals surface area contributed by atoms with Crippen molar-refractivity contribution in [2.24, 2.45) is 5.41 Å². The SMILES string of the molecule is CC1CN(CCCN(C)C)CC(C)(C)CN1. The van der Waals surface area contributed by atoms with Crippen LogP contribution in [0.4, 0.5) is 0 Å². The van der Waals surface area contributed by atoms with Gasteiger partial charge in [-0.15, -0.1) is 0 Å². The molecule has 0 aromatic carbocycles. The summed E-state index contributed by atoms with van der Waals surface area (Å²) in [5.74, 6) is 0. The van der Waals surface area contributed by atoms with Crippen molar-refractivity contribution in [2.75, 3.05) is 46.8 Å². The standard InChI is InChI=1S/C13H29N3/c1-12-9-16(8-6-7-15(4)5)11-13(2,3)10-14-12/h12,14H,6-11H2,1-5H3. The van der Waals surface area contributed by atoms with Gasteiger partial charge in [0.2, 0.25) is 0 Å². The first-order valence-corrected chi connectivity index (χ1v) is 6.49. The van der Waals surface area contributed by atoms with E-state index in [4.69, 9.17) is 0 Å². The highest BCUT2D eigenvalue weighted by Crippen LogP contribution is 2.19. The van der Waals surface area contributed by atoms with Crippen LogP contribution in [0.1, 0.15) is 27.2 Å². The van der Waals surface area contributed by atoms with Crippen molar-refractivity contribution < 1.29 is 0 Å². The van der Waals surface area contributed by atoms with Gasteiger partial charge in [0, 0.05) is 25.7 Å².